The summed E-state index contributed by atoms with van der Waals surface area (Å²) in [6.45, 7) is 1.57. The van der Waals surface area contributed by atoms with Crippen molar-refractivity contribution in [3.8, 4) is 11.5 Å². The van der Waals surface area contributed by atoms with Gasteiger partial charge in [-0.1, -0.05) is 12.1 Å². The summed E-state index contributed by atoms with van der Waals surface area (Å²) >= 11 is 1.78. The third kappa shape index (κ3) is 7.14. The zero-order chi connectivity index (χ0) is 19.6. The van der Waals surface area contributed by atoms with Crippen LogP contribution in [0.3, 0.4) is 0 Å². The highest BCUT2D eigenvalue weighted by Gasteiger charge is 2.15. The summed E-state index contributed by atoms with van der Waals surface area (Å²) in [7, 11) is 9.28. The predicted octanol–water partition coefficient (Wildman–Crippen LogP) is 3.39. The number of hydrogen-bond acceptors (Lipinski definition) is 5. The van der Waals surface area contributed by atoms with Gasteiger partial charge < -0.3 is 25.0 Å². The second kappa shape index (κ2) is 12.8. The Morgan fingerprint density at radius 1 is 1.14 bits per heavy atom. The van der Waals surface area contributed by atoms with E-state index in [4.69, 9.17) is 9.47 Å². The molecular weight excluding hydrogens is 487 g/mol. The molecule has 0 saturated heterocycles. The highest BCUT2D eigenvalue weighted by Crippen LogP contribution is 2.27. The van der Waals surface area contributed by atoms with Crippen LogP contribution >= 0.6 is 35.3 Å². The van der Waals surface area contributed by atoms with Crippen molar-refractivity contribution in [2.24, 2.45) is 4.99 Å². The van der Waals surface area contributed by atoms with Crippen molar-refractivity contribution >= 4 is 41.3 Å². The molecule has 1 aromatic heterocycles. The molecule has 1 heterocycles. The quantitative estimate of drug-likeness (QED) is 0.303. The number of benzene rings is 1. The molecule has 0 aliphatic rings. The fourth-order valence-electron chi connectivity index (χ4n) is 2.79. The molecule has 0 amide bonds. The molecule has 0 aliphatic carbocycles. The van der Waals surface area contributed by atoms with E-state index < -0.39 is 0 Å². The molecule has 0 aliphatic heterocycles. The van der Waals surface area contributed by atoms with Gasteiger partial charge in [0.05, 0.1) is 20.3 Å². The SMILES string of the molecule is CN=C(NCCc1ccc(OC)c(OC)c1)NCC(c1cccs1)N(C)C.I. The van der Waals surface area contributed by atoms with Crippen LogP contribution in [0, 0.1) is 0 Å². The summed E-state index contributed by atoms with van der Waals surface area (Å²) in [5, 5.41) is 8.91. The Bertz CT molecular complexity index is 723. The van der Waals surface area contributed by atoms with Crippen LogP contribution in [-0.2, 0) is 6.42 Å². The monoisotopic (exact) mass is 518 g/mol. The second-order valence-electron chi connectivity index (χ2n) is 6.31. The molecule has 0 fully saturated rings. The number of methoxy groups -OCH3 is 2. The molecule has 6 nitrogen and oxygen atoms in total. The highest BCUT2D eigenvalue weighted by atomic mass is 127. The highest BCUT2D eigenvalue weighted by molar-refractivity contribution is 14.0. The van der Waals surface area contributed by atoms with Crippen molar-refractivity contribution in [2.45, 2.75) is 12.5 Å². The van der Waals surface area contributed by atoms with E-state index in [-0.39, 0.29) is 24.0 Å². The van der Waals surface area contributed by atoms with Crippen LogP contribution in [-0.4, -0.2) is 59.3 Å². The molecule has 1 aromatic carbocycles. The van der Waals surface area contributed by atoms with E-state index in [1.54, 1.807) is 32.6 Å². The van der Waals surface area contributed by atoms with Gasteiger partial charge in [-0.15, -0.1) is 35.3 Å². The Morgan fingerprint density at radius 3 is 2.46 bits per heavy atom. The summed E-state index contributed by atoms with van der Waals surface area (Å²) in [5.74, 6) is 2.30. The average molecular weight is 518 g/mol. The van der Waals surface area contributed by atoms with E-state index in [9.17, 15) is 0 Å². The number of ether oxygens (including phenoxy) is 2. The third-order valence-corrected chi connectivity index (χ3v) is 5.31. The number of likely N-dealkylation sites (N-methyl/N-ethyl adjacent to an activating group) is 1. The molecule has 8 heteroatoms. The van der Waals surface area contributed by atoms with E-state index in [0.717, 1.165) is 37.0 Å². The predicted molar refractivity (Wildman–Crippen MR) is 129 cm³/mol. The van der Waals surface area contributed by atoms with E-state index in [2.05, 4.69) is 58.2 Å². The minimum absolute atomic E-state index is 0. The molecule has 0 spiro atoms. The molecule has 2 rings (SSSR count). The van der Waals surface area contributed by atoms with Crippen molar-refractivity contribution in [1.29, 1.82) is 0 Å². The van der Waals surface area contributed by atoms with Crippen LogP contribution in [0.2, 0.25) is 0 Å². The van der Waals surface area contributed by atoms with Gasteiger partial charge in [0.1, 0.15) is 0 Å². The fourth-order valence-corrected chi connectivity index (χ4v) is 3.72. The molecule has 2 aromatic rings. The molecule has 1 unspecified atom stereocenters. The Balaban J connectivity index is 0.00000392. The Morgan fingerprint density at radius 2 is 1.89 bits per heavy atom. The number of nitrogens with zero attached hydrogens (tertiary/aromatic N) is 2. The largest absolute Gasteiger partial charge is 0.493 e. The van der Waals surface area contributed by atoms with Gasteiger partial charge in [0.15, 0.2) is 17.5 Å². The van der Waals surface area contributed by atoms with Gasteiger partial charge >= 0.3 is 0 Å². The number of thiophene rings is 1. The fraction of sp³-hybridized carbons (Fsp3) is 0.450. The number of aliphatic imine (C=N–C) groups is 1. The van der Waals surface area contributed by atoms with Crippen LogP contribution in [0.25, 0.3) is 0 Å². The standard InChI is InChI=1S/C20H30N4O2S.HI/c1-21-20(23-14-16(24(2)3)19-7-6-12-27-19)22-11-10-15-8-9-17(25-4)18(13-15)26-5;/h6-9,12-13,16H,10-11,14H2,1-5H3,(H2,21,22,23);1H. The van der Waals surface area contributed by atoms with E-state index in [1.165, 1.54) is 10.4 Å². The average Bonchev–Trinajstić information content (AvgIpc) is 3.20. The first-order valence-electron chi connectivity index (χ1n) is 8.94. The lowest BCUT2D eigenvalue weighted by molar-refractivity contribution is 0.302. The smallest absolute Gasteiger partial charge is 0.191 e. The van der Waals surface area contributed by atoms with Gasteiger partial charge in [-0.3, -0.25) is 4.99 Å². The molecule has 156 valence electrons. The van der Waals surface area contributed by atoms with Crippen LogP contribution in [0.1, 0.15) is 16.5 Å². The Hall–Kier alpha value is -1.52. The lowest BCUT2D eigenvalue weighted by Gasteiger charge is -2.24. The third-order valence-electron chi connectivity index (χ3n) is 4.34. The van der Waals surface area contributed by atoms with Crippen molar-refractivity contribution < 1.29 is 9.47 Å². The number of halogens is 1. The lowest BCUT2D eigenvalue weighted by Crippen LogP contribution is -2.42. The molecule has 28 heavy (non-hydrogen) atoms. The zero-order valence-corrected chi connectivity index (χ0v) is 20.3. The minimum atomic E-state index is 0. The zero-order valence-electron chi connectivity index (χ0n) is 17.2. The van der Waals surface area contributed by atoms with Gasteiger partial charge in [0, 0.05) is 25.0 Å². The number of nitrogens with one attached hydrogen (secondary N) is 2. The van der Waals surface area contributed by atoms with Gasteiger partial charge in [0.2, 0.25) is 0 Å². The van der Waals surface area contributed by atoms with Crippen molar-refractivity contribution in [3.05, 3.63) is 46.2 Å². The Kier molecular flexibility index (Phi) is 11.2. The van der Waals surface area contributed by atoms with Crippen LogP contribution in [0.4, 0.5) is 0 Å². The van der Waals surface area contributed by atoms with Gasteiger partial charge in [-0.2, -0.15) is 0 Å². The summed E-state index contributed by atoms with van der Waals surface area (Å²) in [6, 6.07) is 10.6. The first kappa shape index (κ1) is 24.5. The molecule has 1 atom stereocenters. The van der Waals surface area contributed by atoms with Crippen LogP contribution in [0.5, 0.6) is 11.5 Å². The van der Waals surface area contributed by atoms with Crippen molar-refractivity contribution in [3.63, 3.8) is 0 Å². The maximum Gasteiger partial charge on any atom is 0.191 e. The van der Waals surface area contributed by atoms with Gasteiger partial charge in [-0.25, -0.2) is 0 Å². The first-order valence-corrected chi connectivity index (χ1v) is 9.82. The molecule has 2 N–H and O–H groups in total. The van der Waals surface area contributed by atoms with Crippen LogP contribution in [0.15, 0.2) is 40.7 Å². The maximum absolute atomic E-state index is 5.36. The van der Waals surface area contributed by atoms with E-state index in [1.807, 2.05) is 12.1 Å². The normalized spacial score (nSPS) is 12.3. The van der Waals surface area contributed by atoms with Gasteiger partial charge in [-0.05, 0) is 49.7 Å². The summed E-state index contributed by atoms with van der Waals surface area (Å²) in [5.41, 5.74) is 1.18. The maximum atomic E-state index is 5.36. The lowest BCUT2D eigenvalue weighted by atomic mass is 10.1. The van der Waals surface area contributed by atoms with Crippen molar-refractivity contribution in [2.75, 3.05) is 48.5 Å². The Labute approximate surface area is 189 Å². The molecule has 0 saturated carbocycles. The summed E-state index contributed by atoms with van der Waals surface area (Å²) in [4.78, 5) is 7.89. The topological polar surface area (TPSA) is 58.1 Å². The first-order chi connectivity index (χ1) is 13.1. The van der Waals surface area contributed by atoms with E-state index in [0.29, 0.717) is 6.04 Å². The molecule has 0 bridgehead atoms. The number of guanidine groups is 1. The summed E-state index contributed by atoms with van der Waals surface area (Å²) in [6.07, 6.45) is 0.864. The van der Waals surface area contributed by atoms with Crippen molar-refractivity contribution in [1.82, 2.24) is 15.5 Å². The van der Waals surface area contributed by atoms with Gasteiger partial charge in [0.25, 0.3) is 0 Å². The molecule has 0 radical (unpaired) electrons. The minimum Gasteiger partial charge on any atom is -0.493 e. The number of hydrogen-bond donors (Lipinski definition) is 2. The van der Waals surface area contributed by atoms with E-state index >= 15 is 0 Å². The van der Waals surface area contributed by atoms with Crippen LogP contribution < -0.4 is 20.1 Å². The number of rotatable bonds is 9. The summed E-state index contributed by atoms with van der Waals surface area (Å²) < 4.78 is 10.6. The molecular formula is C20H31IN4O2S. The second-order valence-corrected chi connectivity index (χ2v) is 7.29.